The SMILES string of the molecule is COc1ccc2[nH]c(-c3ccccc3)c(C(=O)c3cc(OC)c(OC)c(OC)c3)c2c1. The van der Waals surface area contributed by atoms with Gasteiger partial charge in [-0.15, -0.1) is 0 Å². The third kappa shape index (κ3) is 3.57. The molecule has 6 heteroatoms. The first-order valence-corrected chi connectivity index (χ1v) is 9.71. The lowest BCUT2D eigenvalue weighted by Crippen LogP contribution is -2.05. The molecule has 1 N–H and O–H groups in total. The number of hydrogen-bond donors (Lipinski definition) is 1. The maximum absolute atomic E-state index is 13.8. The molecular weight excluding hydrogens is 394 g/mol. The van der Waals surface area contributed by atoms with Crippen LogP contribution in [-0.4, -0.2) is 39.2 Å². The van der Waals surface area contributed by atoms with Crippen LogP contribution in [0.25, 0.3) is 22.2 Å². The minimum atomic E-state index is -0.169. The summed E-state index contributed by atoms with van der Waals surface area (Å²) >= 11 is 0. The first kappa shape index (κ1) is 20.3. The number of aromatic amines is 1. The third-order valence-corrected chi connectivity index (χ3v) is 5.22. The number of aromatic nitrogens is 1. The number of carbonyl (C=O) groups excluding carboxylic acids is 1. The highest BCUT2D eigenvalue weighted by molar-refractivity contribution is 6.20. The Morgan fingerprint density at radius 3 is 2.03 bits per heavy atom. The van der Waals surface area contributed by atoms with Gasteiger partial charge in [0.2, 0.25) is 5.75 Å². The van der Waals surface area contributed by atoms with Crippen LogP contribution >= 0.6 is 0 Å². The molecule has 0 radical (unpaired) electrons. The lowest BCUT2D eigenvalue weighted by atomic mass is 9.96. The Balaban J connectivity index is 1.97. The van der Waals surface area contributed by atoms with Crippen molar-refractivity contribution in [1.29, 1.82) is 0 Å². The summed E-state index contributed by atoms with van der Waals surface area (Å²) in [5, 5.41) is 0.775. The van der Waals surface area contributed by atoms with Gasteiger partial charge in [-0.1, -0.05) is 30.3 Å². The van der Waals surface area contributed by atoms with Crippen molar-refractivity contribution in [3.05, 3.63) is 71.8 Å². The molecular formula is C25H23NO5. The molecule has 1 aromatic heterocycles. The smallest absolute Gasteiger partial charge is 0.203 e. The first-order chi connectivity index (χ1) is 15.1. The van der Waals surface area contributed by atoms with Gasteiger partial charge >= 0.3 is 0 Å². The summed E-state index contributed by atoms with van der Waals surface area (Å²) in [6.45, 7) is 0. The summed E-state index contributed by atoms with van der Waals surface area (Å²) in [6.07, 6.45) is 0. The number of H-pyrrole nitrogens is 1. The number of nitrogens with one attached hydrogen (secondary N) is 1. The van der Waals surface area contributed by atoms with E-state index in [4.69, 9.17) is 18.9 Å². The molecule has 4 aromatic rings. The summed E-state index contributed by atoms with van der Waals surface area (Å²) in [6, 6.07) is 18.7. The Bertz CT molecular complexity index is 1220. The molecule has 0 aliphatic heterocycles. The predicted molar refractivity (Wildman–Crippen MR) is 120 cm³/mol. The van der Waals surface area contributed by atoms with Crippen LogP contribution in [0.15, 0.2) is 60.7 Å². The van der Waals surface area contributed by atoms with Gasteiger partial charge in [-0.2, -0.15) is 0 Å². The largest absolute Gasteiger partial charge is 0.497 e. The molecule has 6 nitrogen and oxygen atoms in total. The molecule has 0 saturated heterocycles. The monoisotopic (exact) mass is 417 g/mol. The normalized spacial score (nSPS) is 10.7. The van der Waals surface area contributed by atoms with Crippen molar-refractivity contribution in [1.82, 2.24) is 4.98 Å². The Morgan fingerprint density at radius 1 is 0.774 bits per heavy atom. The van der Waals surface area contributed by atoms with Crippen molar-refractivity contribution in [2.24, 2.45) is 0 Å². The van der Waals surface area contributed by atoms with E-state index in [0.29, 0.717) is 34.1 Å². The fourth-order valence-corrected chi connectivity index (χ4v) is 3.71. The molecule has 3 aromatic carbocycles. The molecule has 0 unspecified atom stereocenters. The van der Waals surface area contributed by atoms with E-state index in [1.807, 2.05) is 48.5 Å². The van der Waals surface area contributed by atoms with E-state index in [1.165, 1.54) is 21.3 Å². The Morgan fingerprint density at radius 2 is 1.45 bits per heavy atom. The van der Waals surface area contributed by atoms with Crippen molar-refractivity contribution in [3.63, 3.8) is 0 Å². The average Bonchev–Trinajstić information content (AvgIpc) is 3.21. The molecule has 4 rings (SSSR count). The summed E-state index contributed by atoms with van der Waals surface area (Å²) in [5.74, 6) is 1.78. The third-order valence-electron chi connectivity index (χ3n) is 5.22. The van der Waals surface area contributed by atoms with Gasteiger partial charge in [0.25, 0.3) is 0 Å². The number of carbonyl (C=O) groups is 1. The van der Waals surface area contributed by atoms with Crippen LogP contribution < -0.4 is 18.9 Å². The van der Waals surface area contributed by atoms with Gasteiger partial charge in [0, 0.05) is 16.5 Å². The van der Waals surface area contributed by atoms with Crippen LogP contribution in [0.4, 0.5) is 0 Å². The number of benzene rings is 3. The number of hydrogen-bond acceptors (Lipinski definition) is 5. The van der Waals surface area contributed by atoms with Crippen molar-refractivity contribution >= 4 is 16.7 Å². The lowest BCUT2D eigenvalue weighted by Gasteiger charge is -2.14. The molecule has 0 fully saturated rings. The Kier molecular flexibility index (Phi) is 5.54. The van der Waals surface area contributed by atoms with Crippen LogP contribution in [0.2, 0.25) is 0 Å². The Labute approximate surface area is 180 Å². The topological polar surface area (TPSA) is 69.8 Å². The zero-order valence-corrected chi connectivity index (χ0v) is 17.8. The molecule has 31 heavy (non-hydrogen) atoms. The van der Waals surface area contributed by atoms with E-state index in [9.17, 15) is 4.79 Å². The molecule has 158 valence electrons. The molecule has 0 bridgehead atoms. The standard InChI is InChI=1S/C25H23NO5/c1-28-17-10-11-19-18(14-17)22(23(26-19)15-8-6-5-7-9-15)24(27)16-12-20(29-2)25(31-4)21(13-16)30-3/h5-14,26H,1-4H3. The summed E-state index contributed by atoms with van der Waals surface area (Å²) < 4.78 is 21.7. The van der Waals surface area contributed by atoms with Gasteiger partial charge in [0.1, 0.15) is 5.75 Å². The van der Waals surface area contributed by atoms with E-state index in [-0.39, 0.29) is 5.78 Å². The van der Waals surface area contributed by atoms with Gasteiger partial charge in [-0.05, 0) is 35.9 Å². The van der Waals surface area contributed by atoms with Crippen LogP contribution in [0.3, 0.4) is 0 Å². The van der Waals surface area contributed by atoms with Crippen LogP contribution in [-0.2, 0) is 0 Å². The fraction of sp³-hybridized carbons (Fsp3) is 0.160. The number of methoxy groups -OCH3 is 4. The molecule has 0 aliphatic carbocycles. The number of ether oxygens (including phenoxy) is 4. The average molecular weight is 417 g/mol. The Hall–Kier alpha value is -3.93. The van der Waals surface area contributed by atoms with E-state index >= 15 is 0 Å². The predicted octanol–water partition coefficient (Wildman–Crippen LogP) is 5.10. The van der Waals surface area contributed by atoms with Crippen molar-refractivity contribution in [3.8, 4) is 34.3 Å². The van der Waals surface area contributed by atoms with E-state index in [2.05, 4.69) is 4.98 Å². The van der Waals surface area contributed by atoms with Crippen molar-refractivity contribution in [2.75, 3.05) is 28.4 Å². The molecule has 0 amide bonds. The zero-order valence-electron chi connectivity index (χ0n) is 17.8. The number of fused-ring (bicyclic) bond motifs is 1. The van der Waals surface area contributed by atoms with Gasteiger partial charge in [0.05, 0.1) is 39.7 Å². The van der Waals surface area contributed by atoms with Crippen LogP contribution in [0.1, 0.15) is 15.9 Å². The molecule has 0 atom stereocenters. The lowest BCUT2D eigenvalue weighted by molar-refractivity contribution is 0.104. The van der Waals surface area contributed by atoms with Gasteiger partial charge in [-0.3, -0.25) is 4.79 Å². The summed E-state index contributed by atoms with van der Waals surface area (Å²) in [7, 11) is 6.18. The van der Waals surface area contributed by atoms with E-state index in [0.717, 1.165) is 22.2 Å². The zero-order chi connectivity index (χ0) is 22.0. The van der Waals surface area contributed by atoms with Crippen molar-refractivity contribution < 1.29 is 23.7 Å². The molecule has 0 spiro atoms. The second-order valence-electron chi connectivity index (χ2n) is 6.90. The number of ketones is 1. The quantitative estimate of drug-likeness (QED) is 0.424. The first-order valence-electron chi connectivity index (χ1n) is 9.71. The maximum Gasteiger partial charge on any atom is 0.203 e. The van der Waals surface area contributed by atoms with Crippen molar-refractivity contribution in [2.45, 2.75) is 0 Å². The van der Waals surface area contributed by atoms with Gasteiger partial charge in [0.15, 0.2) is 17.3 Å². The second kappa shape index (κ2) is 8.44. The maximum atomic E-state index is 13.8. The minimum absolute atomic E-state index is 0.169. The minimum Gasteiger partial charge on any atom is -0.497 e. The summed E-state index contributed by atoms with van der Waals surface area (Å²) in [4.78, 5) is 17.2. The molecule has 0 aliphatic rings. The second-order valence-corrected chi connectivity index (χ2v) is 6.90. The van der Waals surface area contributed by atoms with E-state index in [1.54, 1.807) is 19.2 Å². The van der Waals surface area contributed by atoms with Crippen LogP contribution in [0.5, 0.6) is 23.0 Å². The van der Waals surface area contributed by atoms with Gasteiger partial charge < -0.3 is 23.9 Å². The highest BCUT2D eigenvalue weighted by Crippen LogP contribution is 2.40. The summed E-state index contributed by atoms with van der Waals surface area (Å²) in [5.41, 5.74) is 3.47. The highest BCUT2D eigenvalue weighted by atomic mass is 16.5. The fourth-order valence-electron chi connectivity index (χ4n) is 3.71. The van der Waals surface area contributed by atoms with E-state index < -0.39 is 0 Å². The molecule has 0 saturated carbocycles. The number of rotatable bonds is 7. The van der Waals surface area contributed by atoms with Gasteiger partial charge in [-0.25, -0.2) is 0 Å². The van der Waals surface area contributed by atoms with Crippen LogP contribution in [0, 0.1) is 0 Å². The molecule has 1 heterocycles. The highest BCUT2D eigenvalue weighted by Gasteiger charge is 2.24.